The zero-order chi connectivity index (χ0) is 30.1. The van der Waals surface area contributed by atoms with Crippen LogP contribution in [0.1, 0.15) is 48.7 Å². The van der Waals surface area contributed by atoms with Gasteiger partial charge in [0, 0.05) is 36.8 Å². The second-order valence-electron chi connectivity index (χ2n) is 12.2. The molecule has 2 atom stereocenters. The third-order valence-corrected chi connectivity index (χ3v) is 8.76. The molecule has 12 heteroatoms. The molecule has 2 N–H and O–H groups in total. The third-order valence-electron chi connectivity index (χ3n) is 7.43. The molecule has 1 amide bonds. The SMILES string of the molecule is Cc1cccc(C)c1-c1cc2nc(n1)NS(=O)(=O)c1cccc(c1)C(=O)N(C[C@@H]1CNCCO1)[C@H](CC(C)(C)C)CO2.Cl. The second-order valence-corrected chi connectivity index (χ2v) is 13.9. The summed E-state index contributed by atoms with van der Waals surface area (Å²) in [7, 11) is -4.12. The lowest BCUT2D eigenvalue weighted by Gasteiger charge is -2.38. The number of fused-ring (bicyclic) bond motifs is 4. The molecule has 5 rings (SSSR count). The number of hydrogen-bond acceptors (Lipinski definition) is 8. The third kappa shape index (κ3) is 7.83. The number of halogens is 1. The Bertz CT molecular complexity index is 1550. The number of morpholine rings is 1. The Labute approximate surface area is 260 Å². The normalized spacial score (nSPS) is 20.4. The van der Waals surface area contributed by atoms with E-state index in [2.05, 4.69) is 40.8 Å². The Morgan fingerprint density at radius 2 is 1.77 bits per heavy atom. The van der Waals surface area contributed by atoms with Gasteiger partial charge < -0.3 is 19.7 Å². The van der Waals surface area contributed by atoms with Crippen molar-refractivity contribution in [3.63, 3.8) is 0 Å². The van der Waals surface area contributed by atoms with Crippen molar-refractivity contribution in [2.45, 2.75) is 58.1 Å². The molecule has 10 nitrogen and oxygen atoms in total. The number of aryl methyl sites for hydroxylation is 2. The van der Waals surface area contributed by atoms with Gasteiger partial charge in [0.15, 0.2) is 0 Å². The number of aromatic nitrogens is 2. The number of anilines is 1. The average Bonchev–Trinajstić information content (AvgIpc) is 2.93. The number of carbonyl (C=O) groups is 1. The van der Waals surface area contributed by atoms with Crippen molar-refractivity contribution in [3.8, 4) is 17.1 Å². The number of benzene rings is 2. The first-order chi connectivity index (χ1) is 19.9. The molecule has 1 aromatic heterocycles. The van der Waals surface area contributed by atoms with Crippen LogP contribution >= 0.6 is 12.4 Å². The van der Waals surface area contributed by atoms with E-state index in [9.17, 15) is 13.2 Å². The minimum absolute atomic E-state index is 0. The molecule has 2 aliphatic heterocycles. The smallest absolute Gasteiger partial charge is 0.264 e. The maximum atomic E-state index is 14.1. The highest BCUT2D eigenvalue weighted by Gasteiger charge is 2.33. The second kappa shape index (κ2) is 13.2. The van der Waals surface area contributed by atoms with Crippen LogP contribution in [0.25, 0.3) is 11.3 Å². The summed E-state index contributed by atoms with van der Waals surface area (Å²) in [5, 5.41) is 3.33. The molecule has 0 saturated carbocycles. The Balaban J connectivity index is 0.00000423. The van der Waals surface area contributed by atoms with E-state index >= 15 is 0 Å². The fourth-order valence-electron chi connectivity index (χ4n) is 5.53. The van der Waals surface area contributed by atoms with Crippen molar-refractivity contribution >= 4 is 34.3 Å². The van der Waals surface area contributed by atoms with Crippen molar-refractivity contribution in [1.82, 2.24) is 20.2 Å². The van der Waals surface area contributed by atoms with Gasteiger partial charge in [0.25, 0.3) is 15.9 Å². The van der Waals surface area contributed by atoms with E-state index in [0.29, 0.717) is 31.8 Å². The number of rotatable bonds is 4. The van der Waals surface area contributed by atoms with Gasteiger partial charge in [-0.15, -0.1) is 12.4 Å². The summed E-state index contributed by atoms with van der Waals surface area (Å²) >= 11 is 0. The zero-order valence-corrected chi connectivity index (χ0v) is 26.8. The van der Waals surface area contributed by atoms with Gasteiger partial charge >= 0.3 is 0 Å². The minimum Gasteiger partial charge on any atom is -0.475 e. The summed E-state index contributed by atoms with van der Waals surface area (Å²) in [4.78, 5) is 24.9. The van der Waals surface area contributed by atoms with E-state index < -0.39 is 10.0 Å². The van der Waals surface area contributed by atoms with Crippen molar-refractivity contribution in [1.29, 1.82) is 0 Å². The van der Waals surface area contributed by atoms with Crippen molar-refractivity contribution in [2.75, 3.05) is 37.6 Å². The lowest BCUT2D eigenvalue weighted by atomic mass is 9.87. The fourth-order valence-corrected chi connectivity index (χ4v) is 6.52. The van der Waals surface area contributed by atoms with E-state index in [4.69, 9.17) is 9.47 Å². The molecule has 0 radical (unpaired) electrons. The van der Waals surface area contributed by atoms with Crippen molar-refractivity contribution in [3.05, 3.63) is 65.2 Å². The number of sulfonamides is 1. The van der Waals surface area contributed by atoms with E-state index in [1.165, 1.54) is 12.1 Å². The van der Waals surface area contributed by atoms with Crippen LogP contribution < -0.4 is 14.8 Å². The summed E-state index contributed by atoms with van der Waals surface area (Å²) in [6.07, 6.45) is 0.423. The molecular weight excluding hydrogens is 590 g/mol. The van der Waals surface area contributed by atoms with Crippen LogP contribution in [0.2, 0.25) is 0 Å². The van der Waals surface area contributed by atoms with Gasteiger partial charge in [-0.1, -0.05) is 45.0 Å². The highest BCUT2D eigenvalue weighted by molar-refractivity contribution is 7.92. The summed E-state index contributed by atoms with van der Waals surface area (Å²) < 4.78 is 41.9. The van der Waals surface area contributed by atoms with Crippen LogP contribution in [-0.4, -0.2) is 74.2 Å². The predicted octanol–water partition coefficient (Wildman–Crippen LogP) is 4.61. The van der Waals surface area contributed by atoms with Crippen LogP contribution in [0.3, 0.4) is 0 Å². The Morgan fingerprint density at radius 3 is 2.44 bits per heavy atom. The lowest BCUT2D eigenvalue weighted by molar-refractivity contribution is -0.00905. The molecule has 0 unspecified atom stereocenters. The lowest BCUT2D eigenvalue weighted by Crippen LogP contribution is -2.52. The van der Waals surface area contributed by atoms with Crippen LogP contribution in [0, 0.1) is 19.3 Å². The van der Waals surface area contributed by atoms with Gasteiger partial charge in [-0.05, 0) is 55.0 Å². The van der Waals surface area contributed by atoms with E-state index in [0.717, 1.165) is 23.2 Å². The molecule has 0 aliphatic carbocycles. The molecule has 0 spiro atoms. The first-order valence-corrected chi connectivity index (χ1v) is 15.7. The first-order valence-electron chi connectivity index (χ1n) is 14.2. The maximum Gasteiger partial charge on any atom is 0.264 e. The quantitative estimate of drug-likeness (QED) is 0.429. The highest BCUT2D eigenvalue weighted by Crippen LogP contribution is 2.31. The minimum atomic E-state index is -4.12. The standard InChI is InChI=1S/C31H39N5O5S.ClH/c1-20-8-6-9-21(2)28(20)26-15-27-34-30(33-26)35-42(38,39)25-11-7-10-22(14-25)29(37)36(18-24-17-32-12-13-40-24)23(19-41-27)16-31(3,4)5;/h6-11,14-15,23-24,32H,12-13,16-19H2,1-5H3,(H,33,34,35);1H/t23-,24+;/m1./s1. The highest BCUT2D eigenvalue weighted by atomic mass is 35.5. The van der Waals surface area contributed by atoms with Gasteiger partial charge in [-0.2, -0.15) is 4.98 Å². The molecular formula is C31H40ClN5O5S. The Kier molecular flexibility index (Phi) is 10.0. The molecule has 3 heterocycles. The number of nitrogens with zero attached hydrogens (tertiary/aromatic N) is 3. The summed E-state index contributed by atoms with van der Waals surface area (Å²) in [6.45, 7) is 12.7. The summed E-state index contributed by atoms with van der Waals surface area (Å²) in [5.74, 6) is -0.174. The molecule has 1 fully saturated rings. The van der Waals surface area contributed by atoms with Crippen molar-refractivity contribution in [2.24, 2.45) is 5.41 Å². The number of nitrogens with one attached hydrogen (secondary N) is 2. The summed E-state index contributed by atoms with van der Waals surface area (Å²) in [6, 6.07) is 13.4. The molecule has 3 aromatic rings. The van der Waals surface area contributed by atoms with Gasteiger partial charge in [0.1, 0.15) is 6.61 Å². The van der Waals surface area contributed by atoms with Gasteiger partial charge in [0.2, 0.25) is 11.8 Å². The number of amides is 1. The zero-order valence-electron chi connectivity index (χ0n) is 25.2. The van der Waals surface area contributed by atoms with Crippen LogP contribution in [-0.2, 0) is 14.8 Å². The van der Waals surface area contributed by atoms with E-state index in [1.54, 1.807) is 23.1 Å². The number of ether oxygens (including phenoxy) is 2. The maximum absolute atomic E-state index is 14.1. The van der Waals surface area contributed by atoms with Gasteiger partial charge in [0.05, 0.1) is 29.3 Å². The van der Waals surface area contributed by atoms with Gasteiger partial charge in [-0.3, -0.25) is 4.79 Å². The first kappa shape index (κ1) is 32.7. The molecule has 2 aromatic carbocycles. The fraction of sp³-hybridized carbons (Fsp3) is 0.452. The monoisotopic (exact) mass is 629 g/mol. The van der Waals surface area contributed by atoms with Crippen LogP contribution in [0.4, 0.5) is 5.95 Å². The van der Waals surface area contributed by atoms with Gasteiger partial charge in [-0.25, -0.2) is 18.1 Å². The molecule has 1 saturated heterocycles. The van der Waals surface area contributed by atoms with Crippen LogP contribution in [0.15, 0.2) is 53.4 Å². The predicted molar refractivity (Wildman–Crippen MR) is 168 cm³/mol. The van der Waals surface area contributed by atoms with Crippen LogP contribution in [0.5, 0.6) is 5.88 Å². The largest absolute Gasteiger partial charge is 0.475 e. The molecule has 232 valence electrons. The van der Waals surface area contributed by atoms with E-state index in [-0.39, 0.29) is 64.8 Å². The van der Waals surface area contributed by atoms with Crippen molar-refractivity contribution < 1.29 is 22.7 Å². The Hall–Kier alpha value is -3.25. The average molecular weight is 630 g/mol. The topological polar surface area (TPSA) is 123 Å². The Morgan fingerprint density at radius 1 is 1.05 bits per heavy atom. The molecule has 43 heavy (non-hydrogen) atoms. The molecule has 4 bridgehead atoms. The van der Waals surface area contributed by atoms with E-state index in [1.807, 2.05) is 32.0 Å². The summed E-state index contributed by atoms with van der Waals surface area (Å²) in [5.41, 5.74) is 3.52. The number of hydrogen-bond donors (Lipinski definition) is 2. The number of carbonyl (C=O) groups excluding carboxylic acids is 1. The molecule has 2 aliphatic rings.